The van der Waals surface area contributed by atoms with Crippen LogP contribution in [0.4, 0.5) is 5.69 Å². The number of amides is 1. The number of nitrogens with one attached hydrogen (secondary N) is 1. The number of carbonyl (C=O) groups is 1. The Kier molecular flexibility index (Phi) is 4.78. The monoisotopic (exact) mass is 284 g/mol. The van der Waals surface area contributed by atoms with Gasteiger partial charge in [0.2, 0.25) is 0 Å². The number of nitrogens with two attached hydrogens (primary N) is 1. The van der Waals surface area contributed by atoms with Gasteiger partial charge in [-0.2, -0.15) is 11.8 Å². The van der Waals surface area contributed by atoms with Crippen molar-refractivity contribution in [2.75, 3.05) is 18.0 Å². The highest BCUT2D eigenvalue weighted by Gasteiger charge is 2.17. The van der Waals surface area contributed by atoms with E-state index in [2.05, 4.69) is 5.32 Å². The van der Waals surface area contributed by atoms with Crippen molar-refractivity contribution >= 4 is 35.0 Å². The molecule has 0 bridgehead atoms. The van der Waals surface area contributed by atoms with Gasteiger partial charge in [0.15, 0.2) is 0 Å². The third kappa shape index (κ3) is 3.33. The normalized spacial score (nSPS) is 19.5. The Morgan fingerprint density at radius 3 is 3.06 bits per heavy atom. The summed E-state index contributed by atoms with van der Waals surface area (Å²) in [7, 11) is 0. The third-order valence-corrected chi connectivity index (χ3v) is 4.86. The zero-order chi connectivity index (χ0) is 13.0. The molecule has 98 valence electrons. The largest absolute Gasteiger partial charge is 0.398 e. The molecular weight excluding hydrogens is 268 g/mol. The Balaban J connectivity index is 1.93. The van der Waals surface area contributed by atoms with Gasteiger partial charge in [0.1, 0.15) is 0 Å². The van der Waals surface area contributed by atoms with Gasteiger partial charge in [-0.25, -0.2) is 0 Å². The van der Waals surface area contributed by atoms with Gasteiger partial charge in [0, 0.05) is 11.8 Å². The van der Waals surface area contributed by atoms with Crippen LogP contribution in [0.2, 0.25) is 5.02 Å². The fourth-order valence-corrected chi connectivity index (χ4v) is 3.45. The molecule has 0 saturated carbocycles. The summed E-state index contributed by atoms with van der Waals surface area (Å²) < 4.78 is 0. The molecule has 2 rings (SSSR count). The van der Waals surface area contributed by atoms with Gasteiger partial charge in [-0.05, 0) is 30.7 Å². The van der Waals surface area contributed by atoms with E-state index in [1.165, 1.54) is 25.0 Å². The van der Waals surface area contributed by atoms with Gasteiger partial charge in [-0.1, -0.05) is 24.1 Å². The summed E-state index contributed by atoms with van der Waals surface area (Å²) in [6.45, 7) is 0.703. The molecule has 1 aliphatic heterocycles. The molecule has 3 nitrogen and oxygen atoms in total. The summed E-state index contributed by atoms with van der Waals surface area (Å²) in [5.74, 6) is 1.05. The summed E-state index contributed by atoms with van der Waals surface area (Å²) in [6.07, 6.45) is 3.72. The second-order valence-corrected chi connectivity index (χ2v) is 6.19. The molecule has 1 aromatic rings. The first-order chi connectivity index (χ1) is 8.68. The van der Waals surface area contributed by atoms with Gasteiger partial charge in [0.25, 0.3) is 5.91 Å². The minimum Gasteiger partial charge on any atom is -0.398 e. The summed E-state index contributed by atoms with van der Waals surface area (Å²) in [5.41, 5.74) is 6.58. The molecule has 5 heteroatoms. The minimum atomic E-state index is -0.140. The summed E-state index contributed by atoms with van der Waals surface area (Å²) in [6, 6.07) is 5.13. The Hall–Kier alpha value is -0.870. The molecule has 0 spiro atoms. The predicted octanol–water partition coefficient (Wildman–Crippen LogP) is 2.94. The minimum absolute atomic E-state index is 0.140. The molecule has 1 atom stereocenters. The molecule has 1 aliphatic rings. The molecule has 1 amide bonds. The van der Waals surface area contributed by atoms with Crippen molar-refractivity contribution in [1.82, 2.24) is 5.32 Å². The summed E-state index contributed by atoms with van der Waals surface area (Å²) >= 11 is 7.95. The lowest BCUT2D eigenvalue weighted by Crippen LogP contribution is -2.32. The van der Waals surface area contributed by atoms with E-state index in [1.54, 1.807) is 18.2 Å². The van der Waals surface area contributed by atoms with Gasteiger partial charge < -0.3 is 11.1 Å². The summed E-state index contributed by atoms with van der Waals surface area (Å²) in [4.78, 5) is 12.0. The number of halogens is 1. The van der Waals surface area contributed by atoms with Crippen LogP contribution in [0.25, 0.3) is 0 Å². The highest BCUT2D eigenvalue weighted by molar-refractivity contribution is 7.99. The van der Waals surface area contributed by atoms with Crippen molar-refractivity contribution in [2.24, 2.45) is 0 Å². The lowest BCUT2D eigenvalue weighted by Gasteiger charge is -2.21. The number of carbonyl (C=O) groups excluding carboxylic acids is 1. The van der Waals surface area contributed by atoms with Crippen molar-refractivity contribution in [2.45, 2.75) is 24.5 Å². The topological polar surface area (TPSA) is 55.1 Å². The molecule has 1 heterocycles. The third-order valence-electron chi connectivity index (χ3n) is 3.04. The van der Waals surface area contributed by atoms with Gasteiger partial charge in [-0.15, -0.1) is 0 Å². The molecule has 18 heavy (non-hydrogen) atoms. The standard InChI is InChI=1S/C13H17ClN2OS/c14-12-10(5-3-6-11(12)15)13(17)16-8-9-4-1-2-7-18-9/h3,5-6,9H,1-2,4,7-8,15H2,(H,16,17). The Morgan fingerprint density at radius 2 is 2.33 bits per heavy atom. The number of benzene rings is 1. The van der Waals surface area contributed by atoms with E-state index in [0.29, 0.717) is 28.1 Å². The molecule has 0 aromatic heterocycles. The quantitative estimate of drug-likeness (QED) is 0.839. The van der Waals surface area contributed by atoms with Gasteiger partial charge in [0.05, 0.1) is 16.3 Å². The van der Waals surface area contributed by atoms with Crippen LogP contribution in [0.15, 0.2) is 18.2 Å². The van der Waals surface area contributed by atoms with Crippen molar-refractivity contribution in [3.8, 4) is 0 Å². The fourth-order valence-electron chi connectivity index (χ4n) is 2.00. The highest BCUT2D eigenvalue weighted by atomic mass is 35.5. The Morgan fingerprint density at radius 1 is 1.50 bits per heavy atom. The highest BCUT2D eigenvalue weighted by Crippen LogP contribution is 2.25. The van der Waals surface area contributed by atoms with Crippen molar-refractivity contribution in [1.29, 1.82) is 0 Å². The van der Waals surface area contributed by atoms with E-state index in [9.17, 15) is 4.79 Å². The van der Waals surface area contributed by atoms with Crippen LogP contribution in [0.3, 0.4) is 0 Å². The van der Waals surface area contributed by atoms with Crippen LogP contribution < -0.4 is 11.1 Å². The zero-order valence-electron chi connectivity index (χ0n) is 10.1. The number of nitrogen functional groups attached to an aromatic ring is 1. The zero-order valence-corrected chi connectivity index (χ0v) is 11.7. The lowest BCUT2D eigenvalue weighted by atomic mass is 10.1. The second-order valence-electron chi connectivity index (χ2n) is 4.41. The molecule has 1 fully saturated rings. The first-order valence-corrected chi connectivity index (χ1v) is 7.55. The summed E-state index contributed by atoms with van der Waals surface area (Å²) in [5, 5.41) is 3.81. The van der Waals surface area contributed by atoms with E-state index in [-0.39, 0.29) is 5.91 Å². The Labute approximate surface area is 116 Å². The Bertz CT molecular complexity index is 433. The van der Waals surface area contributed by atoms with Crippen molar-refractivity contribution in [3.63, 3.8) is 0 Å². The van der Waals surface area contributed by atoms with E-state index in [0.717, 1.165) is 0 Å². The van der Waals surface area contributed by atoms with E-state index in [4.69, 9.17) is 17.3 Å². The van der Waals surface area contributed by atoms with E-state index >= 15 is 0 Å². The van der Waals surface area contributed by atoms with Crippen molar-refractivity contribution in [3.05, 3.63) is 28.8 Å². The van der Waals surface area contributed by atoms with Crippen molar-refractivity contribution < 1.29 is 4.79 Å². The van der Waals surface area contributed by atoms with Gasteiger partial charge in [-0.3, -0.25) is 4.79 Å². The number of rotatable bonds is 3. The number of hydrogen-bond acceptors (Lipinski definition) is 3. The fraction of sp³-hybridized carbons (Fsp3) is 0.462. The molecule has 0 radical (unpaired) electrons. The maximum absolute atomic E-state index is 12.0. The average Bonchev–Trinajstić information content (AvgIpc) is 2.40. The molecule has 1 aromatic carbocycles. The van der Waals surface area contributed by atoms with E-state index in [1.807, 2.05) is 11.8 Å². The second kappa shape index (κ2) is 6.34. The molecule has 3 N–H and O–H groups in total. The number of anilines is 1. The van der Waals surface area contributed by atoms with E-state index < -0.39 is 0 Å². The first-order valence-electron chi connectivity index (χ1n) is 6.12. The molecule has 0 aliphatic carbocycles. The molecular formula is C13H17ClN2OS. The number of hydrogen-bond donors (Lipinski definition) is 2. The SMILES string of the molecule is Nc1cccc(C(=O)NCC2CCCCS2)c1Cl. The van der Waals surface area contributed by atoms with Crippen LogP contribution in [0, 0.1) is 0 Å². The van der Waals surface area contributed by atoms with Crippen LogP contribution in [-0.4, -0.2) is 23.5 Å². The van der Waals surface area contributed by atoms with Crippen LogP contribution in [0.1, 0.15) is 29.6 Å². The first kappa shape index (κ1) is 13.6. The predicted molar refractivity (Wildman–Crippen MR) is 78.3 cm³/mol. The lowest BCUT2D eigenvalue weighted by molar-refractivity contribution is 0.0953. The van der Waals surface area contributed by atoms with Crippen LogP contribution >= 0.6 is 23.4 Å². The maximum Gasteiger partial charge on any atom is 0.252 e. The molecule has 1 unspecified atom stereocenters. The van der Waals surface area contributed by atoms with Crippen LogP contribution in [0.5, 0.6) is 0 Å². The average molecular weight is 285 g/mol. The molecule has 1 saturated heterocycles. The maximum atomic E-state index is 12.0. The smallest absolute Gasteiger partial charge is 0.252 e. The van der Waals surface area contributed by atoms with Crippen LogP contribution in [-0.2, 0) is 0 Å². The number of thioether (sulfide) groups is 1. The van der Waals surface area contributed by atoms with Gasteiger partial charge >= 0.3 is 0 Å².